The second kappa shape index (κ2) is 8.26. The van der Waals surface area contributed by atoms with Gasteiger partial charge in [-0.2, -0.15) is 0 Å². The van der Waals surface area contributed by atoms with Gasteiger partial charge in [0, 0.05) is 18.0 Å². The number of anilines is 2. The van der Waals surface area contributed by atoms with Gasteiger partial charge in [0.05, 0.1) is 24.4 Å². The van der Waals surface area contributed by atoms with E-state index in [9.17, 15) is 4.79 Å². The average Bonchev–Trinajstić information content (AvgIpc) is 2.67. The minimum absolute atomic E-state index is 0.248. The van der Waals surface area contributed by atoms with E-state index in [1.807, 2.05) is 18.2 Å². The molecule has 0 aliphatic rings. The number of amides is 1. The fourth-order valence-electron chi connectivity index (χ4n) is 2.21. The van der Waals surface area contributed by atoms with Gasteiger partial charge in [-0.05, 0) is 30.3 Å². The standard InChI is InChI=1S/C18H16ClN5O2/c1-26-16-6-5-12(8-14(16)19)24-17-9-15(22-11-23-17)18(25)21-10-13-4-2-3-7-20-13/h2-9,11H,10H2,1H3,(H,21,25)(H,22,23,24). The van der Waals surface area contributed by atoms with Crippen LogP contribution in [0.3, 0.4) is 0 Å². The zero-order valence-electron chi connectivity index (χ0n) is 13.9. The van der Waals surface area contributed by atoms with Crippen LogP contribution in [0.1, 0.15) is 16.2 Å². The van der Waals surface area contributed by atoms with Crippen molar-refractivity contribution in [3.05, 3.63) is 71.4 Å². The van der Waals surface area contributed by atoms with Crippen LogP contribution in [0.2, 0.25) is 5.02 Å². The molecule has 0 bridgehead atoms. The molecule has 1 amide bonds. The van der Waals surface area contributed by atoms with E-state index >= 15 is 0 Å². The summed E-state index contributed by atoms with van der Waals surface area (Å²) in [5, 5.41) is 6.33. The number of methoxy groups -OCH3 is 1. The van der Waals surface area contributed by atoms with E-state index in [1.54, 1.807) is 37.6 Å². The largest absolute Gasteiger partial charge is 0.495 e. The molecule has 3 rings (SSSR count). The predicted molar refractivity (Wildman–Crippen MR) is 98.7 cm³/mol. The summed E-state index contributed by atoms with van der Waals surface area (Å²) in [7, 11) is 1.55. The Kier molecular flexibility index (Phi) is 5.60. The van der Waals surface area contributed by atoms with Crippen LogP contribution < -0.4 is 15.4 Å². The summed E-state index contributed by atoms with van der Waals surface area (Å²) in [4.78, 5) is 24.6. The van der Waals surface area contributed by atoms with Gasteiger partial charge in [-0.15, -0.1) is 0 Å². The Labute approximate surface area is 155 Å². The topological polar surface area (TPSA) is 89.0 Å². The number of nitrogens with zero attached hydrogens (tertiary/aromatic N) is 3. The number of aromatic nitrogens is 3. The van der Waals surface area contributed by atoms with Crippen molar-refractivity contribution in [1.82, 2.24) is 20.3 Å². The van der Waals surface area contributed by atoms with Gasteiger partial charge in [0.1, 0.15) is 23.6 Å². The second-order valence-electron chi connectivity index (χ2n) is 5.27. The molecule has 0 spiro atoms. The van der Waals surface area contributed by atoms with Gasteiger partial charge < -0.3 is 15.4 Å². The van der Waals surface area contributed by atoms with Crippen molar-refractivity contribution >= 4 is 29.0 Å². The number of carbonyl (C=O) groups excluding carboxylic acids is 1. The number of pyridine rings is 1. The molecule has 3 aromatic rings. The van der Waals surface area contributed by atoms with Gasteiger partial charge in [0.2, 0.25) is 0 Å². The molecular weight excluding hydrogens is 354 g/mol. The lowest BCUT2D eigenvalue weighted by Crippen LogP contribution is -2.24. The number of benzene rings is 1. The highest BCUT2D eigenvalue weighted by molar-refractivity contribution is 6.32. The summed E-state index contributed by atoms with van der Waals surface area (Å²) in [5.41, 5.74) is 1.73. The van der Waals surface area contributed by atoms with Crippen molar-refractivity contribution in [1.29, 1.82) is 0 Å². The number of halogens is 1. The SMILES string of the molecule is COc1ccc(Nc2cc(C(=O)NCc3ccccn3)ncn2)cc1Cl. The third-order valence-electron chi connectivity index (χ3n) is 3.48. The summed E-state index contributed by atoms with van der Waals surface area (Å²) in [6.07, 6.45) is 3.00. The van der Waals surface area contributed by atoms with E-state index in [-0.39, 0.29) is 11.6 Å². The monoisotopic (exact) mass is 369 g/mol. The van der Waals surface area contributed by atoms with E-state index in [0.717, 1.165) is 5.69 Å². The first-order valence-electron chi connectivity index (χ1n) is 7.76. The molecule has 1 aromatic carbocycles. The molecule has 0 aliphatic carbocycles. The van der Waals surface area contributed by atoms with Crippen LogP contribution >= 0.6 is 11.6 Å². The third-order valence-corrected chi connectivity index (χ3v) is 3.78. The summed E-state index contributed by atoms with van der Waals surface area (Å²) < 4.78 is 5.12. The van der Waals surface area contributed by atoms with Gasteiger partial charge in [0.25, 0.3) is 5.91 Å². The molecule has 0 fully saturated rings. The molecule has 0 saturated carbocycles. The molecule has 26 heavy (non-hydrogen) atoms. The van der Waals surface area contributed by atoms with Crippen LogP contribution in [0.4, 0.5) is 11.5 Å². The van der Waals surface area contributed by atoms with Gasteiger partial charge in [-0.25, -0.2) is 9.97 Å². The van der Waals surface area contributed by atoms with Gasteiger partial charge in [-0.3, -0.25) is 9.78 Å². The molecule has 0 radical (unpaired) electrons. The Morgan fingerprint density at radius 2 is 2.04 bits per heavy atom. The lowest BCUT2D eigenvalue weighted by molar-refractivity contribution is 0.0945. The minimum atomic E-state index is -0.311. The van der Waals surface area contributed by atoms with Crippen molar-refractivity contribution < 1.29 is 9.53 Å². The van der Waals surface area contributed by atoms with E-state index in [1.165, 1.54) is 6.33 Å². The van der Waals surface area contributed by atoms with Gasteiger partial charge in [-0.1, -0.05) is 17.7 Å². The van der Waals surface area contributed by atoms with Gasteiger partial charge >= 0.3 is 0 Å². The van der Waals surface area contributed by atoms with Crippen LogP contribution in [0.5, 0.6) is 5.75 Å². The minimum Gasteiger partial charge on any atom is -0.495 e. The van der Waals surface area contributed by atoms with E-state index in [0.29, 0.717) is 28.8 Å². The molecule has 0 unspecified atom stereocenters. The maximum Gasteiger partial charge on any atom is 0.270 e. The molecule has 0 aliphatic heterocycles. The number of rotatable bonds is 6. The van der Waals surface area contributed by atoms with E-state index < -0.39 is 0 Å². The van der Waals surface area contributed by atoms with E-state index in [2.05, 4.69) is 25.6 Å². The second-order valence-corrected chi connectivity index (χ2v) is 5.67. The Morgan fingerprint density at radius 3 is 2.77 bits per heavy atom. The van der Waals surface area contributed by atoms with Crippen molar-refractivity contribution in [2.24, 2.45) is 0 Å². The number of hydrogen-bond acceptors (Lipinski definition) is 6. The Hall–Kier alpha value is -3.19. The van der Waals surface area contributed by atoms with E-state index in [4.69, 9.17) is 16.3 Å². The third kappa shape index (κ3) is 4.46. The first-order chi connectivity index (χ1) is 12.7. The molecule has 8 heteroatoms. The summed E-state index contributed by atoms with van der Waals surface area (Å²) in [5.74, 6) is 0.743. The molecule has 2 aromatic heterocycles. The molecule has 132 valence electrons. The average molecular weight is 370 g/mol. The summed E-state index contributed by atoms with van der Waals surface area (Å²) >= 11 is 6.11. The molecular formula is C18H16ClN5O2. The number of nitrogens with one attached hydrogen (secondary N) is 2. The van der Waals surface area contributed by atoms with Crippen molar-refractivity contribution in [2.75, 3.05) is 12.4 Å². The smallest absolute Gasteiger partial charge is 0.270 e. The highest BCUT2D eigenvalue weighted by Gasteiger charge is 2.10. The summed E-state index contributed by atoms with van der Waals surface area (Å²) in [6, 6.07) is 12.3. The van der Waals surface area contributed by atoms with Crippen molar-refractivity contribution in [3.8, 4) is 5.75 Å². The predicted octanol–water partition coefficient (Wildman–Crippen LogP) is 3.21. The lowest BCUT2D eigenvalue weighted by Gasteiger charge is -2.09. The van der Waals surface area contributed by atoms with Crippen molar-refractivity contribution in [3.63, 3.8) is 0 Å². The maximum atomic E-state index is 12.3. The maximum absolute atomic E-state index is 12.3. The zero-order chi connectivity index (χ0) is 18.4. The molecule has 0 saturated heterocycles. The molecule has 7 nitrogen and oxygen atoms in total. The molecule has 0 atom stereocenters. The number of ether oxygens (including phenoxy) is 1. The highest BCUT2D eigenvalue weighted by atomic mass is 35.5. The first-order valence-corrected chi connectivity index (χ1v) is 8.14. The van der Waals surface area contributed by atoms with Crippen LogP contribution in [0.25, 0.3) is 0 Å². The van der Waals surface area contributed by atoms with Gasteiger partial charge in [0.15, 0.2) is 0 Å². The molecule has 2 heterocycles. The summed E-state index contributed by atoms with van der Waals surface area (Å²) in [6.45, 7) is 0.320. The zero-order valence-corrected chi connectivity index (χ0v) is 14.7. The fourth-order valence-corrected chi connectivity index (χ4v) is 2.46. The van der Waals surface area contributed by atoms with Crippen LogP contribution in [0, 0.1) is 0 Å². The van der Waals surface area contributed by atoms with Crippen LogP contribution in [-0.2, 0) is 6.54 Å². The molecule has 2 N–H and O–H groups in total. The normalized spacial score (nSPS) is 10.2. The number of carbonyl (C=O) groups is 1. The quantitative estimate of drug-likeness (QED) is 0.693. The van der Waals surface area contributed by atoms with Crippen LogP contribution in [0.15, 0.2) is 55.0 Å². The highest BCUT2D eigenvalue weighted by Crippen LogP contribution is 2.28. The fraction of sp³-hybridized carbons (Fsp3) is 0.111. The lowest BCUT2D eigenvalue weighted by atomic mass is 10.3. The van der Waals surface area contributed by atoms with Crippen molar-refractivity contribution in [2.45, 2.75) is 6.54 Å². The number of hydrogen-bond donors (Lipinski definition) is 2. The Balaban J connectivity index is 1.67. The Morgan fingerprint density at radius 1 is 1.15 bits per heavy atom. The van der Waals surface area contributed by atoms with Crippen LogP contribution in [-0.4, -0.2) is 28.0 Å². The Bertz CT molecular complexity index is 905. The first kappa shape index (κ1) is 17.6.